The average Bonchev–Trinajstić information content (AvgIpc) is 3.00. The third-order valence-corrected chi connectivity index (χ3v) is 8.70. The third kappa shape index (κ3) is 9.13. The zero-order valence-corrected chi connectivity index (χ0v) is 27.1. The van der Waals surface area contributed by atoms with Crippen molar-refractivity contribution in [3.63, 3.8) is 0 Å². The summed E-state index contributed by atoms with van der Waals surface area (Å²) < 4.78 is 5.42. The van der Waals surface area contributed by atoms with Crippen molar-refractivity contribution in [2.45, 2.75) is 110 Å². The summed E-state index contributed by atoms with van der Waals surface area (Å²) in [7, 11) is 2.97. The van der Waals surface area contributed by atoms with E-state index in [-0.39, 0.29) is 31.3 Å². The molecule has 2 fully saturated rings. The Kier molecular flexibility index (Phi) is 14.0. The van der Waals surface area contributed by atoms with Crippen LogP contribution >= 0.6 is 0 Å². The summed E-state index contributed by atoms with van der Waals surface area (Å²) in [6.45, 7) is 8.16. The maximum absolute atomic E-state index is 14.0. The molecule has 2 saturated heterocycles. The van der Waals surface area contributed by atoms with Crippen LogP contribution in [0.25, 0.3) is 0 Å². The van der Waals surface area contributed by atoms with Crippen LogP contribution in [0.5, 0.6) is 0 Å². The van der Waals surface area contributed by atoms with E-state index >= 15 is 0 Å². The molecular weight excluding hydrogens is 574 g/mol. The minimum absolute atomic E-state index is 0.148. The first-order valence-corrected chi connectivity index (χ1v) is 15.6. The summed E-state index contributed by atoms with van der Waals surface area (Å²) >= 11 is 0. The fourth-order valence-corrected chi connectivity index (χ4v) is 5.59. The summed E-state index contributed by atoms with van der Waals surface area (Å²) in [5.74, 6) is -4.20. The van der Waals surface area contributed by atoms with Crippen LogP contribution in [-0.4, -0.2) is 131 Å². The maximum Gasteiger partial charge on any atom is 0.308 e. The number of likely N-dealkylation sites (N-methyl/N-ethyl adjacent to an activating group) is 2. The number of amides is 5. The first kappa shape index (κ1) is 36.9. The number of carbonyl (C=O) groups is 6. The first-order valence-electron chi connectivity index (χ1n) is 15.6. The van der Waals surface area contributed by atoms with Crippen LogP contribution in [0.4, 0.5) is 0 Å². The molecule has 4 N–H and O–H groups in total. The Bertz CT molecular complexity index is 1050. The van der Waals surface area contributed by atoms with E-state index in [9.17, 15) is 39.0 Å². The SMILES string of the molecule is CC[C@@H](C)[C@H]1NC(=O)[C@H]2CCCCN2C(=O)[C@@H](C[C@@H](O)CO)OC(=O)CCNC(=O)[C@@H](C)N(C)C(=O)[C@@H](C(C)C)N(C)C1=O. The molecule has 0 spiro atoms. The van der Waals surface area contributed by atoms with Gasteiger partial charge >= 0.3 is 5.97 Å². The van der Waals surface area contributed by atoms with Gasteiger partial charge in [0.2, 0.25) is 23.6 Å². The summed E-state index contributed by atoms with van der Waals surface area (Å²) in [5.41, 5.74) is 0. The second-order valence-corrected chi connectivity index (χ2v) is 12.3. The number of esters is 1. The number of fused-ring (bicyclic) bond motifs is 1. The molecule has 0 aliphatic carbocycles. The summed E-state index contributed by atoms with van der Waals surface area (Å²) in [6, 6.07) is -3.86. The molecule has 7 atom stereocenters. The molecule has 2 aliphatic heterocycles. The Hall–Kier alpha value is -3.26. The molecule has 0 radical (unpaired) electrons. The molecule has 250 valence electrons. The van der Waals surface area contributed by atoms with Gasteiger partial charge in [-0.25, -0.2) is 0 Å². The Balaban J connectivity index is 2.57. The standard InChI is InChI=1S/C30H51N5O9/c1-8-18(4)24-29(42)34(7)25(17(2)3)30(43)33(6)19(5)26(39)31-13-12-23(38)44-22(15-20(37)16-36)28(41)35-14-10-9-11-21(35)27(40)32-24/h17-22,24-25,36-37H,8-16H2,1-7H3,(H,31,39)(H,32,40)/t18-,19-,20-,21-,22-,24-,25-/m1/s1. The molecule has 0 aromatic carbocycles. The number of hydrogen-bond donors (Lipinski definition) is 4. The van der Waals surface area contributed by atoms with Gasteiger partial charge in [0.05, 0.1) is 19.1 Å². The van der Waals surface area contributed by atoms with Gasteiger partial charge in [0, 0.05) is 33.6 Å². The Morgan fingerprint density at radius 1 is 0.955 bits per heavy atom. The number of nitrogens with zero attached hydrogens (tertiary/aromatic N) is 3. The van der Waals surface area contributed by atoms with Crippen LogP contribution in [-0.2, 0) is 33.5 Å². The van der Waals surface area contributed by atoms with E-state index in [1.165, 1.54) is 35.7 Å². The van der Waals surface area contributed by atoms with Crippen LogP contribution in [0.3, 0.4) is 0 Å². The lowest BCUT2D eigenvalue weighted by Crippen LogP contribution is -2.62. The predicted molar refractivity (Wildman–Crippen MR) is 160 cm³/mol. The maximum atomic E-state index is 14.0. The molecule has 2 aliphatic rings. The fourth-order valence-electron chi connectivity index (χ4n) is 5.59. The molecule has 14 nitrogen and oxygen atoms in total. The number of nitrogens with one attached hydrogen (secondary N) is 2. The summed E-state index contributed by atoms with van der Waals surface area (Å²) in [6.07, 6.45) is -1.47. The number of hydrogen-bond acceptors (Lipinski definition) is 9. The lowest BCUT2D eigenvalue weighted by Gasteiger charge is -2.39. The smallest absolute Gasteiger partial charge is 0.308 e. The molecule has 0 aromatic heterocycles. The third-order valence-electron chi connectivity index (χ3n) is 8.70. The zero-order valence-electron chi connectivity index (χ0n) is 27.1. The van der Waals surface area contributed by atoms with E-state index < -0.39 is 84.9 Å². The highest BCUT2D eigenvalue weighted by Gasteiger charge is 2.42. The molecule has 0 saturated carbocycles. The zero-order chi connectivity index (χ0) is 33.3. The van der Waals surface area contributed by atoms with Crippen LogP contribution in [0, 0.1) is 11.8 Å². The van der Waals surface area contributed by atoms with E-state index in [0.717, 1.165) is 0 Å². The van der Waals surface area contributed by atoms with Crippen LogP contribution in [0.15, 0.2) is 0 Å². The largest absolute Gasteiger partial charge is 0.452 e. The molecule has 14 heteroatoms. The summed E-state index contributed by atoms with van der Waals surface area (Å²) in [4.78, 5) is 84.7. The second kappa shape index (κ2) is 16.7. The first-order chi connectivity index (χ1) is 20.7. The van der Waals surface area contributed by atoms with Gasteiger partial charge in [-0.15, -0.1) is 0 Å². The lowest BCUT2D eigenvalue weighted by molar-refractivity contribution is -0.165. The van der Waals surface area contributed by atoms with E-state index in [1.54, 1.807) is 13.8 Å². The van der Waals surface area contributed by atoms with Crippen LogP contribution in [0.2, 0.25) is 0 Å². The number of cyclic esters (lactones) is 1. The van der Waals surface area contributed by atoms with Crippen molar-refractivity contribution in [3.05, 3.63) is 0 Å². The van der Waals surface area contributed by atoms with Crippen molar-refractivity contribution in [1.29, 1.82) is 0 Å². The van der Waals surface area contributed by atoms with Crippen molar-refractivity contribution in [2.75, 3.05) is 33.8 Å². The topological polar surface area (TPSA) is 186 Å². The molecule has 0 unspecified atom stereocenters. The Morgan fingerprint density at radius 2 is 1.61 bits per heavy atom. The minimum atomic E-state index is -1.48. The molecule has 0 aromatic rings. The molecule has 2 rings (SSSR count). The van der Waals surface area contributed by atoms with Crippen molar-refractivity contribution in [1.82, 2.24) is 25.3 Å². The van der Waals surface area contributed by atoms with E-state index in [4.69, 9.17) is 4.74 Å². The highest BCUT2D eigenvalue weighted by atomic mass is 16.5. The average molecular weight is 626 g/mol. The van der Waals surface area contributed by atoms with Gasteiger partial charge in [0.15, 0.2) is 6.10 Å². The fraction of sp³-hybridized carbons (Fsp3) is 0.800. The monoisotopic (exact) mass is 625 g/mol. The van der Waals surface area contributed by atoms with Crippen LogP contribution in [0.1, 0.15) is 73.1 Å². The minimum Gasteiger partial charge on any atom is -0.452 e. The van der Waals surface area contributed by atoms with Gasteiger partial charge in [0.1, 0.15) is 24.2 Å². The Morgan fingerprint density at radius 3 is 2.20 bits per heavy atom. The van der Waals surface area contributed by atoms with Gasteiger partial charge in [-0.05, 0) is 38.0 Å². The summed E-state index contributed by atoms with van der Waals surface area (Å²) in [5, 5.41) is 25.0. The number of aliphatic hydroxyl groups excluding tert-OH is 2. The molecule has 0 bridgehead atoms. The van der Waals surface area contributed by atoms with Gasteiger partial charge in [0.25, 0.3) is 5.91 Å². The van der Waals surface area contributed by atoms with Crippen molar-refractivity contribution in [3.8, 4) is 0 Å². The van der Waals surface area contributed by atoms with Crippen molar-refractivity contribution in [2.24, 2.45) is 11.8 Å². The van der Waals surface area contributed by atoms with Crippen LogP contribution < -0.4 is 10.6 Å². The second-order valence-electron chi connectivity index (χ2n) is 12.3. The van der Waals surface area contributed by atoms with Gasteiger partial charge in [-0.1, -0.05) is 34.1 Å². The highest BCUT2D eigenvalue weighted by Crippen LogP contribution is 2.23. The molecule has 5 amide bonds. The molecule has 2 heterocycles. The number of aliphatic hydroxyl groups is 2. The van der Waals surface area contributed by atoms with E-state index in [2.05, 4.69) is 10.6 Å². The predicted octanol–water partition coefficient (Wildman–Crippen LogP) is -0.597. The van der Waals surface area contributed by atoms with E-state index in [0.29, 0.717) is 25.7 Å². The number of carbonyl (C=O) groups excluding carboxylic acids is 6. The normalized spacial score (nSPS) is 28.8. The number of rotatable bonds is 6. The van der Waals surface area contributed by atoms with Crippen molar-refractivity contribution >= 4 is 35.5 Å². The van der Waals surface area contributed by atoms with Gasteiger partial charge < -0.3 is 40.3 Å². The molecular formula is C30H51N5O9. The van der Waals surface area contributed by atoms with Crippen molar-refractivity contribution < 1.29 is 43.7 Å². The van der Waals surface area contributed by atoms with E-state index in [1.807, 2.05) is 13.8 Å². The number of ether oxygens (including phenoxy) is 1. The quantitative estimate of drug-likeness (QED) is 0.280. The highest BCUT2D eigenvalue weighted by molar-refractivity contribution is 5.96. The Labute approximate surface area is 259 Å². The van der Waals surface area contributed by atoms with Gasteiger partial charge in [-0.3, -0.25) is 28.8 Å². The van der Waals surface area contributed by atoms with Gasteiger partial charge in [-0.2, -0.15) is 0 Å². The molecule has 44 heavy (non-hydrogen) atoms. The lowest BCUT2D eigenvalue weighted by atomic mass is 9.93. The number of piperidine rings is 1.